The molecule has 0 fully saturated rings. The fourth-order valence-electron chi connectivity index (χ4n) is 2.15. The number of thiophene rings is 1. The second-order valence-corrected chi connectivity index (χ2v) is 7.02. The molecule has 1 aromatic heterocycles. The molecule has 1 aromatic carbocycles. The van der Waals surface area contributed by atoms with Gasteiger partial charge in [-0.3, -0.25) is 4.90 Å². The Morgan fingerprint density at radius 1 is 1.20 bits per heavy atom. The molecule has 2 nitrogen and oxygen atoms in total. The third-order valence-corrected chi connectivity index (χ3v) is 4.96. The summed E-state index contributed by atoms with van der Waals surface area (Å²) in [6.07, 6.45) is 0. The minimum atomic E-state index is 0.872. The van der Waals surface area contributed by atoms with Gasteiger partial charge in [0.15, 0.2) is 0 Å². The van der Waals surface area contributed by atoms with Crippen LogP contribution in [0.1, 0.15) is 25.0 Å². The number of nitrogens with one attached hydrogen (secondary N) is 1. The van der Waals surface area contributed by atoms with Crippen molar-refractivity contribution in [3.63, 3.8) is 0 Å². The van der Waals surface area contributed by atoms with E-state index in [2.05, 4.69) is 75.7 Å². The quantitative estimate of drug-likeness (QED) is 0.756. The summed E-state index contributed by atoms with van der Waals surface area (Å²) in [6.45, 7) is 8.47. The maximum Gasteiger partial charge on any atom is 0.0701 e. The van der Waals surface area contributed by atoms with Crippen LogP contribution in [0.25, 0.3) is 0 Å². The van der Waals surface area contributed by atoms with Gasteiger partial charge in [-0.25, -0.2) is 0 Å². The van der Waals surface area contributed by atoms with Gasteiger partial charge in [-0.2, -0.15) is 0 Å². The lowest BCUT2D eigenvalue weighted by atomic mass is 10.1. The molecule has 1 heterocycles. The molecule has 0 amide bonds. The van der Waals surface area contributed by atoms with E-state index in [1.54, 1.807) is 11.3 Å². The van der Waals surface area contributed by atoms with Gasteiger partial charge < -0.3 is 5.32 Å². The number of benzene rings is 1. The van der Waals surface area contributed by atoms with Crippen molar-refractivity contribution in [2.45, 2.75) is 26.9 Å². The minimum Gasteiger partial charge on any atom is -0.381 e. The molecule has 0 spiro atoms. The van der Waals surface area contributed by atoms with Crippen molar-refractivity contribution in [2.75, 3.05) is 18.4 Å². The fourth-order valence-corrected chi connectivity index (χ4v) is 3.36. The molecule has 0 aliphatic heterocycles. The van der Waals surface area contributed by atoms with Gasteiger partial charge in [0.25, 0.3) is 0 Å². The minimum absolute atomic E-state index is 0.872. The highest BCUT2D eigenvalue weighted by Crippen LogP contribution is 2.23. The summed E-state index contributed by atoms with van der Waals surface area (Å²) in [7, 11) is 0. The number of nitrogens with zero attached hydrogens (tertiary/aromatic N) is 1. The summed E-state index contributed by atoms with van der Waals surface area (Å²) in [5.41, 5.74) is 3.92. The van der Waals surface area contributed by atoms with Gasteiger partial charge in [-0.1, -0.05) is 32.0 Å². The van der Waals surface area contributed by atoms with Crippen molar-refractivity contribution in [2.24, 2.45) is 0 Å². The van der Waals surface area contributed by atoms with Crippen LogP contribution in [0.4, 0.5) is 5.69 Å². The van der Waals surface area contributed by atoms with Crippen molar-refractivity contribution >= 4 is 33.0 Å². The Morgan fingerprint density at radius 2 is 1.95 bits per heavy atom. The topological polar surface area (TPSA) is 15.3 Å². The standard InChI is InChI=1S/C16H21BrN2S/c1-3-19(4-2)11-14-7-5-6-8-15(14)18-10-13-9-16(17)20-12-13/h5-9,12,18H,3-4,10-11H2,1-2H3. The van der Waals surface area contributed by atoms with E-state index in [4.69, 9.17) is 0 Å². The van der Waals surface area contributed by atoms with Crippen LogP contribution in [0.3, 0.4) is 0 Å². The van der Waals surface area contributed by atoms with Crippen molar-refractivity contribution in [3.05, 3.63) is 50.6 Å². The van der Waals surface area contributed by atoms with E-state index < -0.39 is 0 Å². The van der Waals surface area contributed by atoms with Gasteiger partial charge in [0, 0.05) is 18.8 Å². The van der Waals surface area contributed by atoms with Crippen LogP contribution in [0, 0.1) is 0 Å². The van der Waals surface area contributed by atoms with Crippen LogP contribution in [-0.2, 0) is 13.1 Å². The molecular weight excluding hydrogens is 332 g/mol. The predicted octanol–water partition coefficient (Wildman–Crippen LogP) is 4.96. The van der Waals surface area contributed by atoms with Crippen LogP contribution >= 0.6 is 27.3 Å². The number of hydrogen-bond donors (Lipinski definition) is 1. The normalized spacial score (nSPS) is 11.0. The Morgan fingerprint density at radius 3 is 2.60 bits per heavy atom. The molecular formula is C16H21BrN2S. The Hall–Kier alpha value is -0.840. The van der Waals surface area contributed by atoms with Crippen molar-refractivity contribution in [1.82, 2.24) is 4.90 Å². The first-order valence-corrected chi connectivity index (χ1v) is 8.67. The lowest BCUT2D eigenvalue weighted by Gasteiger charge is -2.20. The van der Waals surface area contributed by atoms with E-state index in [0.29, 0.717) is 0 Å². The van der Waals surface area contributed by atoms with Gasteiger partial charge in [0.1, 0.15) is 0 Å². The zero-order valence-corrected chi connectivity index (χ0v) is 14.4. The lowest BCUT2D eigenvalue weighted by Crippen LogP contribution is -2.22. The van der Waals surface area contributed by atoms with Crippen LogP contribution in [0.2, 0.25) is 0 Å². The average molecular weight is 353 g/mol. The average Bonchev–Trinajstić information content (AvgIpc) is 2.89. The molecule has 0 atom stereocenters. The summed E-state index contributed by atoms with van der Waals surface area (Å²) in [6, 6.07) is 10.8. The summed E-state index contributed by atoms with van der Waals surface area (Å²) in [5.74, 6) is 0. The first-order chi connectivity index (χ1) is 9.72. The summed E-state index contributed by atoms with van der Waals surface area (Å²) < 4.78 is 1.19. The second kappa shape index (κ2) is 7.81. The van der Waals surface area contributed by atoms with Gasteiger partial charge in [0.05, 0.1) is 3.79 Å². The molecule has 1 N–H and O–H groups in total. The molecule has 0 radical (unpaired) electrons. The Labute approximate surface area is 133 Å². The monoisotopic (exact) mass is 352 g/mol. The van der Waals surface area contributed by atoms with Gasteiger partial charge in [-0.15, -0.1) is 11.3 Å². The van der Waals surface area contributed by atoms with E-state index in [-0.39, 0.29) is 0 Å². The molecule has 0 aliphatic rings. The fraction of sp³-hybridized carbons (Fsp3) is 0.375. The Balaban J connectivity index is 2.03. The van der Waals surface area contributed by atoms with E-state index >= 15 is 0 Å². The smallest absolute Gasteiger partial charge is 0.0701 e. The van der Waals surface area contributed by atoms with Gasteiger partial charge >= 0.3 is 0 Å². The van der Waals surface area contributed by atoms with Gasteiger partial charge in [0.2, 0.25) is 0 Å². The molecule has 4 heteroatoms. The first kappa shape index (κ1) is 15.5. The molecule has 2 aromatic rings. The molecule has 0 bridgehead atoms. The highest BCUT2D eigenvalue weighted by Gasteiger charge is 2.06. The van der Waals surface area contributed by atoms with Crippen molar-refractivity contribution in [1.29, 1.82) is 0 Å². The molecule has 20 heavy (non-hydrogen) atoms. The number of hydrogen-bond acceptors (Lipinski definition) is 3. The van der Waals surface area contributed by atoms with Gasteiger partial charge in [-0.05, 0) is 57.7 Å². The van der Waals surface area contributed by atoms with Crippen LogP contribution in [0.15, 0.2) is 39.5 Å². The number of anilines is 1. The molecule has 0 unspecified atom stereocenters. The molecule has 0 saturated carbocycles. The Bertz CT molecular complexity index is 535. The Kier molecular flexibility index (Phi) is 6.07. The van der Waals surface area contributed by atoms with Crippen molar-refractivity contribution < 1.29 is 0 Å². The first-order valence-electron chi connectivity index (χ1n) is 7.00. The summed E-state index contributed by atoms with van der Waals surface area (Å²) >= 11 is 5.24. The van der Waals surface area contributed by atoms with E-state index in [1.807, 2.05) is 0 Å². The van der Waals surface area contributed by atoms with Crippen LogP contribution in [0.5, 0.6) is 0 Å². The largest absolute Gasteiger partial charge is 0.381 e. The SMILES string of the molecule is CCN(CC)Cc1ccccc1NCc1csc(Br)c1. The lowest BCUT2D eigenvalue weighted by molar-refractivity contribution is 0.296. The third kappa shape index (κ3) is 4.33. The molecule has 0 saturated heterocycles. The van der Waals surface area contributed by atoms with Crippen molar-refractivity contribution in [3.8, 4) is 0 Å². The summed E-state index contributed by atoms with van der Waals surface area (Å²) in [5, 5.41) is 5.74. The third-order valence-electron chi connectivity index (χ3n) is 3.41. The number of rotatable bonds is 7. The highest BCUT2D eigenvalue weighted by atomic mass is 79.9. The maximum atomic E-state index is 3.56. The second-order valence-electron chi connectivity index (χ2n) is 4.73. The highest BCUT2D eigenvalue weighted by molar-refractivity contribution is 9.11. The zero-order valence-electron chi connectivity index (χ0n) is 12.0. The van der Waals surface area contributed by atoms with Crippen LogP contribution in [-0.4, -0.2) is 18.0 Å². The molecule has 0 aliphatic carbocycles. The molecule has 108 valence electrons. The van der Waals surface area contributed by atoms with E-state index in [9.17, 15) is 0 Å². The number of para-hydroxylation sites is 1. The van der Waals surface area contributed by atoms with E-state index in [1.165, 1.54) is 20.6 Å². The zero-order chi connectivity index (χ0) is 14.4. The van der Waals surface area contributed by atoms with Crippen LogP contribution < -0.4 is 5.32 Å². The summed E-state index contributed by atoms with van der Waals surface area (Å²) in [4.78, 5) is 2.43. The number of halogens is 1. The predicted molar refractivity (Wildman–Crippen MR) is 92.4 cm³/mol. The maximum absolute atomic E-state index is 3.56. The van der Waals surface area contributed by atoms with E-state index in [0.717, 1.165) is 26.2 Å². The molecule has 2 rings (SSSR count).